The zero-order chi connectivity index (χ0) is 10.7. The first kappa shape index (κ1) is 10.1. The van der Waals surface area contributed by atoms with Gasteiger partial charge in [-0.15, -0.1) is 0 Å². The molecular weight excluding hydrogens is 195 g/mol. The fourth-order valence-corrected chi connectivity index (χ4v) is 1.67. The summed E-state index contributed by atoms with van der Waals surface area (Å²) in [6.07, 6.45) is 1.60. The Balaban J connectivity index is 2.41. The van der Waals surface area contributed by atoms with E-state index in [4.69, 9.17) is 10.5 Å². The highest BCUT2D eigenvalue weighted by atomic mass is 19.1. The van der Waals surface area contributed by atoms with Crippen LogP contribution >= 0.6 is 0 Å². The molecule has 3 nitrogen and oxygen atoms in total. The first-order chi connectivity index (χ1) is 7.27. The van der Waals surface area contributed by atoms with Gasteiger partial charge >= 0.3 is 0 Å². The largest absolute Gasteiger partial charge is 0.399 e. The maximum atomic E-state index is 13.1. The Morgan fingerprint density at radius 2 is 2.40 bits per heavy atom. The number of benzene rings is 1. The average molecular weight is 208 g/mol. The van der Waals surface area contributed by atoms with Crippen LogP contribution in [-0.4, -0.2) is 26.1 Å². The van der Waals surface area contributed by atoms with Crippen molar-refractivity contribution < 1.29 is 9.13 Å². The monoisotopic (exact) mass is 208 g/mol. The third-order valence-corrected chi connectivity index (χ3v) is 2.52. The minimum atomic E-state index is -0.895. The summed E-state index contributed by atoms with van der Waals surface area (Å²) < 4.78 is 18.4. The highest BCUT2D eigenvalue weighted by Gasteiger charge is 2.33. The van der Waals surface area contributed by atoms with E-state index in [1.807, 2.05) is 6.07 Å². The van der Waals surface area contributed by atoms with Crippen molar-refractivity contribution in [1.82, 2.24) is 0 Å². The van der Waals surface area contributed by atoms with Crippen LogP contribution in [-0.2, 0) is 10.3 Å². The molecular formula is C11H13FN2O. The second-order valence-electron chi connectivity index (χ2n) is 3.62. The van der Waals surface area contributed by atoms with Crippen molar-refractivity contribution in [1.29, 1.82) is 0 Å². The Labute approximate surface area is 87.8 Å². The molecule has 1 heterocycles. The van der Waals surface area contributed by atoms with Crippen LogP contribution < -0.4 is 5.73 Å². The number of anilines is 1. The number of rotatable bonds is 2. The minimum Gasteiger partial charge on any atom is -0.399 e. The molecule has 0 bridgehead atoms. The van der Waals surface area contributed by atoms with Gasteiger partial charge in [-0.1, -0.05) is 12.1 Å². The van der Waals surface area contributed by atoms with Crippen LogP contribution in [0.5, 0.6) is 0 Å². The number of halogens is 1. The lowest BCUT2D eigenvalue weighted by Crippen LogP contribution is -2.36. The van der Waals surface area contributed by atoms with Crippen molar-refractivity contribution in [2.45, 2.75) is 5.54 Å². The number of nitrogens with two attached hydrogens (primary N) is 1. The predicted octanol–water partition coefficient (Wildman–Crippen LogP) is 1.53. The van der Waals surface area contributed by atoms with Gasteiger partial charge in [-0.25, -0.2) is 4.39 Å². The average Bonchev–Trinajstić information content (AvgIpc) is 2.30. The molecule has 1 aliphatic rings. The summed E-state index contributed by atoms with van der Waals surface area (Å²) in [6.45, 7) is 0.139. The van der Waals surface area contributed by atoms with E-state index < -0.39 is 12.2 Å². The standard InChI is InChI=1S/C11H13FN2O/c12-7-11(8-15-5-4-14-11)9-2-1-3-10(13)6-9/h1-4,6H,5,7-8,13H2/t11-/m0/s1. The second-order valence-corrected chi connectivity index (χ2v) is 3.62. The van der Waals surface area contributed by atoms with E-state index in [-0.39, 0.29) is 6.61 Å². The summed E-state index contributed by atoms with van der Waals surface area (Å²) in [6, 6.07) is 7.13. The van der Waals surface area contributed by atoms with E-state index in [0.29, 0.717) is 12.3 Å². The van der Waals surface area contributed by atoms with Gasteiger partial charge in [-0.05, 0) is 17.7 Å². The van der Waals surface area contributed by atoms with Crippen molar-refractivity contribution in [2.24, 2.45) is 4.99 Å². The van der Waals surface area contributed by atoms with Crippen molar-refractivity contribution >= 4 is 11.9 Å². The molecule has 2 N–H and O–H groups in total. The third-order valence-electron chi connectivity index (χ3n) is 2.52. The van der Waals surface area contributed by atoms with Gasteiger partial charge in [-0.3, -0.25) is 4.99 Å². The molecule has 0 saturated heterocycles. The fourth-order valence-electron chi connectivity index (χ4n) is 1.67. The molecule has 0 unspecified atom stereocenters. The molecule has 0 saturated carbocycles. The van der Waals surface area contributed by atoms with Gasteiger partial charge in [0, 0.05) is 11.9 Å². The van der Waals surface area contributed by atoms with Crippen molar-refractivity contribution in [3.8, 4) is 0 Å². The quantitative estimate of drug-likeness (QED) is 0.749. The first-order valence-electron chi connectivity index (χ1n) is 4.80. The van der Waals surface area contributed by atoms with Gasteiger partial charge in [-0.2, -0.15) is 0 Å². The number of ether oxygens (including phenoxy) is 1. The minimum absolute atomic E-state index is 0.267. The lowest BCUT2D eigenvalue weighted by atomic mass is 9.92. The smallest absolute Gasteiger partial charge is 0.137 e. The molecule has 0 aliphatic carbocycles. The predicted molar refractivity (Wildman–Crippen MR) is 57.8 cm³/mol. The highest BCUT2D eigenvalue weighted by molar-refractivity contribution is 5.61. The van der Waals surface area contributed by atoms with Gasteiger partial charge in [0.15, 0.2) is 0 Å². The molecule has 0 amide bonds. The SMILES string of the molecule is Nc1cccc([C@]2(CF)COCC=N2)c1. The topological polar surface area (TPSA) is 47.6 Å². The van der Waals surface area contributed by atoms with Crippen molar-refractivity contribution in [2.75, 3.05) is 25.6 Å². The van der Waals surface area contributed by atoms with Gasteiger partial charge in [0.1, 0.15) is 12.2 Å². The van der Waals surface area contributed by atoms with Crippen LogP contribution in [0, 0.1) is 0 Å². The number of hydrogen-bond acceptors (Lipinski definition) is 3. The van der Waals surface area contributed by atoms with Crippen molar-refractivity contribution in [3.05, 3.63) is 29.8 Å². The lowest BCUT2D eigenvalue weighted by Gasteiger charge is -2.29. The molecule has 0 fully saturated rings. The Kier molecular flexibility index (Phi) is 2.68. The van der Waals surface area contributed by atoms with E-state index in [9.17, 15) is 4.39 Å². The maximum Gasteiger partial charge on any atom is 0.137 e. The molecule has 80 valence electrons. The van der Waals surface area contributed by atoms with Crippen LogP contribution in [0.3, 0.4) is 0 Å². The molecule has 0 aromatic heterocycles. The summed E-state index contributed by atoms with van der Waals surface area (Å²) >= 11 is 0. The van der Waals surface area contributed by atoms with E-state index in [1.165, 1.54) is 0 Å². The Morgan fingerprint density at radius 3 is 3.00 bits per heavy atom. The van der Waals surface area contributed by atoms with Crippen LogP contribution in [0.25, 0.3) is 0 Å². The number of nitrogens with zero attached hydrogens (tertiary/aromatic N) is 1. The van der Waals surface area contributed by atoms with E-state index in [1.54, 1.807) is 24.4 Å². The zero-order valence-corrected chi connectivity index (χ0v) is 8.32. The second kappa shape index (κ2) is 3.98. The van der Waals surface area contributed by atoms with E-state index in [0.717, 1.165) is 5.56 Å². The lowest BCUT2D eigenvalue weighted by molar-refractivity contribution is 0.0865. The van der Waals surface area contributed by atoms with E-state index >= 15 is 0 Å². The summed E-state index contributed by atoms with van der Waals surface area (Å²) in [5.41, 5.74) is 6.15. The summed E-state index contributed by atoms with van der Waals surface area (Å²) in [7, 11) is 0. The van der Waals surface area contributed by atoms with Gasteiger partial charge in [0.05, 0.1) is 13.2 Å². The summed E-state index contributed by atoms with van der Waals surface area (Å²) in [5, 5.41) is 0. The summed E-state index contributed by atoms with van der Waals surface area (Å²) in [5.74, 6) is 0. The molecule has 2 rings (SSSR count). The zero-order valence-electron chi connectivity index (χ0n) is 8.32. The van der Waals surface area contributed by atoms with Crippen LogP contribution in [0.1, 0.15) is 5.56 Å². The van der Waals surface area contributed by atoms with Crippen LogP contribution in [0.2, 0.25) is 0 Å². The summed E-state index contributed by atoms with van der Waals surface area (Å²) in [4.78, 5) is 4.21. The molecule has 1 aliphatic heterocycles. The number of aliphatic imine (C=N–C) groups is 1. The fraction of sp³-hybridized carbons (Fsp3) is 0.364. The Hall–Kier alpha value is -1.42. The number of hydrogen-bond donors (Lipinski definition) is 1. The normalized spacial score (nSPS) is 25.4. The molecule has 0 spiro atoms. The number of alkyl halides is 1. The van der Waals surface area contributed by atoms with Crippen LogP contribution in [0.15, 0.2) is 29.3 Å². The third kappa shape index (κ3) is 1.85. The Morgan fingerprint density at radius 1 is 1.53 bits per heavy atom. The molecule has 0 radical (unpaired) electrons. The van der Waals surface area contributed by atoms with Crippen molar-refractivity contribution in [3.63, 3.8) is 0 Å². The molecule has 4 heteroatoms. The number of nitrogen functional groups attached to an aromatic ring is 1. The molecule has 1 atom stereocenters. The van der Waals surface area contributed by atoms with Gasteiger partial charge < -0.3 is 10.5 Å². The van der Waals surface area contributed by atoms with Gasteiger partial charge in [0.25, 0.3) is 0 Å². The maximum absolute atomic E-state index is 13.1. The van der Waals surface area contributed by atoms with Gasteiger partial charge in [0.2, 0.25) is 0 Å². The molecule has 15 heavy (non-hydrogen) atoms. The highest BCUT2D eigenvalue weighted by Crippen LogP contribution is 2.29. The van der Waals surface area contributed by atoms with E-state index in [2.05, 4.69) is 4.99 Å². The molecule has 1 aromatic rings. The Bertz CT molecular complexity index is 381. The van der Waals surface area contributed by atoms with Crippen LogP contribution in [0.4, 0.5) is 10.1 Å². The first-order valence-corrected chi connectivity index (χ1v) is 4.80. The molecule has 1 aromatic carbocycles.